The molecule has 186 valence electrons. The minimum atomic E-state index is -0.987. The molecule has 1 saturated heterocycles. The van der Waals surface area contributed by atoms with Crippen LogP contribution in [0.5, 0.6) is 5.75 Å². The fraction of sp³-hybridized carbons (Fsp3) is 0.480. The van der Waals surface area contributed by atoms with Crippen LogP contribution in [0.2, 0.25) is 0 Å². The van der Waals surface area contributed by atoms with Gasteiger partial charge in [-0.1, -0.05) is 25.8 Å². The van der Waals surface area contributed by atoms with Crippen molar-refractivity contribution in [3.8, 4) is 5.75 Å². The quantitative estimate of drug-likeness (QED) is 0.691. The smallest absolute Gasteiger partial charge is 0.276 e. The summed E-state index contributed by atoms with van der Waals surface area (Å²) < 4.78 is 35.0. The van der Waals surface area contributed by atoms with Crippen molar-refractivity contribution in [2.75, 3.05) is 6.54 Å². The van der Waals surface area contributed by atoms with E-state index in [9.17, 15) is 28.3 Å². The molecule has 2 aromatic rings. The maximum Gasteiger partial charge on any atom is 0.276 e. The number of nitrogens with zero attached hydrogens (tertiary/aromatic N) is 2. The summed E-state index contributed by atoms with van der Waals surface area (Å²) in [6.07, 6.45) is 5.81. The van der Waals surface area contributed by atoms with Crippen molar-refractivity contribution in [1.29, 1.82) is 0 Å². The molecule has 0 radical (unpaired) electrons. The largest absolute Gasteiger partial charge is 0.503 e. The van der Waals surface area contributed by atoms with Crippen LogP contribution in [0, 0.1) is 17.6 Å². The monoisotopic (exact) mass is 487 g/mol. The molecule has 8 nitrogen and oxygen atoms in total. The fourth-order valence-electron chi connectivity index (χ4n) is 5.55. The minimum Gasteiger partial charge on any atom is -0.503 e. The molecular formula is C25H27F2N3O5. The molecule has 3 atom stereocenters. The number of ether oxygens (including phenoxy) is 1. The number of rotatable bonds is 4. The highest BCUT2D eigenvalue weighted by molar-refractivity contribution is 5.99. The lowest BCUT2D eigenvalue weighted by Gasteiger charge is -2.55. The molecule has 1 saturated carbocycles. The Kier molecular flexibility index (Phi) is 5.86. The van der Waals surface area contributed by atoms with E-state index in [1.807, 2.05) is 6.92 Å². The number of nitrogens with one attached hydrogen (secondary N) is 1. The van der Waals surface area contributed by atoms with Gasteiger partial charge in [0.1, 0.15) is 17.2 Å². The molecule has 2 aliphatic heterocycles. The van der Waals surface area contributed by atoms with E-state index in [1.54, 1.807) is 4.90 Å². The summed E-state index contributed by atoms with van der Waals surface area (Å²) in [6.45, 7) is 2.29. The van der Waals surface area contributed by atoms with Gasteiger partial charge in [0.2, 0.25) is 5.43 Å². The molecule has 1 aromatic carbocycles. The molecule has 10 heteroatoms. The number of fused-ring (bicyclic) bond motifs is 3. The second-order valence-electron chi connectivity index (χ2n) is 9.53. The first-order valence-corrected chi connectivity index (χ1v) is 11.9. The summed E-state index contributed by atoms with van der Waals surface area (Å²) in [5.41, 5.74) is -2.44. The minimum absolute atomic E-state index is 0.0374. The third kappa shape index (κ3) is 3.89. The number of benzene rings is 1. The number of carbonyl (C=O) groups excluding carboxylic acids is 2. The van der Waals surface area contributed by atoms with Gasteiger partial charge < -0.3 is 24.6 Å². The van der Waals surface area contributed by atoms with Crippen molar-refractivity contribution in [1.82, 2.24) is 14.8 Å². The van der Waals surface area contributed by atoms with Crippen LogP contribution in [-0.4, -0.2) is 44.8 Å². The molecule has 1 unspecified atom stereocenters. The van der Waals surface area contributed by atoms with Crippen molar-refractivity contribution >= 4 is 11.8 Å². The molecule has 1 aromatic heterocycles. The zero-order chi connectivity index (χ0) is 24.9. The highest BCUT2D eigenvalue weighted by Crippen LogP contribution is 2.43. The normalized spacial score (nSPS) is 25.5. The molecule has 5 rings (SSSR count). The van der Waals surface area contributed by atoms with Gasteiger partial charge >= 0.3 is 0 Å². The van der Waals surface area contributed by atoms with Crippen LogP contribution in [0.1, 0.15) is 65.4 Å². The average Bonchev–Trinajstić information content (AvgIpc) is 2.84. The second-order valence-corrected chi connectivity index (χ2v) is 9.53. The average molecular weight is 488 g/mol. The molecule has 35 heavy (non-hydrogen) atoms. The van der Waals surface area contributed by atoms with E-state index in [1.165, 1.54) is 16.8 Å². The molecule has 2 N–H and O–H groups in total. The van der Waals surface area contributed by atoms with E-state index in [2.05, 4.69) is 5.32 Å². The van der Waals surface area contributed by atoms with Crippen molar-refractivity contribution in [2.45, 2.75) is 63.9 Å². The fourth-order valence-corrected chi connectivity index (χ4v) is 5.55. The highest BCUT2D eigenvalue weighted by atomic mass is 19.1. The number of aromatic nitrogens is 1. The summed E-state index contributed by atoms with van der Waals surface area (Å²) in [4.78, 5) is 40.7. The SMILES string of the molecule is CCC12Cn3cc(C(=O)NCc4ccc(F)cc4F)c(=O)c(O)c3C(=O)N1C[C@@H]1CCCC[C@@H]1O2. The summed E-state index contributed by atoms with van der Waals surface area (Å²) in [5, 5.41) is 13.1. The van der Waals surface area contributed by atoms with Gasteiger partial charge in [-0.2, -0.15) is 0 Å². The third-order valence-corrected chi connectivity index (χ3v) is 7.49. The highest BCUT2D eigenvalue weighted by Gasteiger charge is 2.53. The summed E-state index contributed by atoms with van der Waals surface area (Å²) in [5.74, 6) is -3.51. The Morgan fingerprint density at radius 3 is 2.77 bits per heavy atom. The number of halogens is 2. The van der Waals surface area contributed by atoms with Gasteiger partial charge in [0.15, 0.2) is 17.2 Å². The van der Waals surface area contributed by atoms with Gasteiger partial charge in [0.05, 0.1) is 12.6 Å². The van der Waals surface area contributed by atoms with E-state index in [0.29, 0.717) is 19.0 Å². The number of carbonyl (C=O) groups is 2. The summed E-state index contributed by atoms with van der Waals surface area (Å²) in [6, 6.07) is 2.95. The van der Waals surface area contributed by atoms with Crippen LogP contribution in [0.3, 0.4) is 0 Å². The molecule has 2 amide bonds. The Bertz CT molecular complexity index is 1260. The van der Waals surface area contributed by atoms with E-state index in [-0.39, 0.29) is 41.9 Å². The standard InChI is InChI=1S/C25H27F2N3O5/c1-2-25-13-29-12-17(23(33)28-10-14-7-8-16(26)9-18(14)27)21(31)22(32)20(29)24(34)30(25)11-15-5-3-4-6-19(15)35-25/h7-9,12,15,19,32H,2-6,10-11,13H2,1H3,(H,28,33)/t15-,19-,25?/m0/s1. The maximum absolute atomic E-state index is 13.9. The predicted octanol–water partition coefficient (Wildman–Crippen LogP) is 2.91. The van der Waals surface area contributed by atoms with Crippen LogP contribution >= 0.6 is 0 Å². The van der Waals surface area contributed by atoms with Crippen LogP contribution in [0.15, 0.2) is 29.2 Å². The molecule has 3 aliphatic rings. The van der Waals surface area contributed by atoms with Crippen molar-refractivity contribution in [3.63, 3.8) is 0 Å². The Labute approximate surface area is 200 Å². The van der Waals surface area contributed by atoms with Crippen LogP contribution in [0.25, 0.3) is 0 Å². The number of hydrogen-bond donors (Lipinski definition) is 2. The van der Waals surface area contributed by atoms with Crippen molar-refractivity contribution in [2.24, 2.45) is 5.92 Å². The lowest BCUT2D eigenvalue weighted by molar-refractivity contribution is -0.242. The van der Waals surface area contributed by atoms with E-state index >= 15 is 0 Å². The Hall–Kier alpha value is -3.27. The van der Waals surface area contributed by atoms with Gasteiger partial charge in [0, 0.05) is 36.8 Å². The number of pyridine rings is 1. The summed E-state index contributed by atoms with van der Waals surface area (Å²) >= 11 is 0. The predicted molar refractivity (Wildman–Crippen MR) is 121 cm³/mol. The van der Waals surface area contributed by atoms with Crippen LogP contribution in [0.4, 0.5) is 8.78 Å². The number of aromatic hydroxyl groups is 1. The molecule has 0 spiro atoms. The first-order chi connectivity index (χ1) is 16.7. The van der Waals surface area contributed by atoms with Gasteiger partial charge in [-0.05, 0) is 25.3 Å². The lowest BCUT2D eigenvalue weighted by atomic mass is 9.82. The Balaban J connectivity index is 1.46. The second kappa shape index (κ2) is 8.75. The Morgan fingerprint density at radius 1 is 1.26 bits per heavy atom. The van der Waals surface area contributed by atoms with Crippen LogP contribution < -0.4 is 10.7 Å². The lowest BCUT2D eigenvalue weighted by Crippen LogP contribution is -2.67. The zero-order valence-corrected chi connectivity index (χ0v) is 19.4. The first kappa shape index (κ1) is 23.5. The molecule has 0 bridgehead atoms. The van der Waals surface area contributed by atoms with Crippen molar-refractivity contribution < 1.29 is 28.2 Å². The molecule has 3 heterocycles. The topological polar surface area (TPSA) is 101 Å². The molecular weight excluding hydrogens is 460 g/mol. The summed E-state index contributed by atoms with van der Waals surface area (Å²) in [7, 11) is 0. The van der Waals surface area contributed by atoms with Gasteiger partial charge in [-0.25, -0.2) is 8.78 Å². The molecule has 2 fully saturated rings. The molecule has 1 aliphatic carbocycles. The van der Waals surface area contributed by atoms with E-state index in [4.69, 9.17) is 4.74 Å². The van der Waals surface area contributed by atoms with E-state index in [0.717, 1.165) is 31.7 Å². The van der Waals surface area contributed by atoms with Crippen molar-refractivity contribution in [3.05, 3.63) is 63.1 Å². The first-order valence-electron chi connectivity index (χ1n) is 11.9. The number of hydrogen-bond acceptors (Lipinski definition) is 5. The third-order valence-electron chi connectivity index (χ3n) is 7.49. The maximum atomic E-state index is 13.9. The number of amides is 2. The Morgan fingerprint density at radius 2 is 2.03 bits per heavy atom. The van der Waals surface area contributed by atoms with E-state index < -0.39 is 40.4 Å². The van der Waals surface area contributed by atoms with Gasteiger partial charge in [-0.3, -0.25) is 14.4 Å². The van der Waals surface area contributed by atoms with Crippen LogP contribution in [-0.2, 0) is 17.8 Å². The zero-order valence-electron chi connectivity index (χ0n) is 19.4. The van der Waals surface area contributed by atoms with Gasteiger partial charge in [-0.15, -0.1) is 0 Å². The van der Waals surface area contributed by atoms with Gasteiger partial charge in [0.25, 0.3) is 11.8 Å².